The van der Waals surface area contributed by atoms with Crippen LogP contribution in [0.2, 0.25) is 0 Å². The third kappa shape index (κ3) is 3.22. The fraction of sp³-hybridized carbons (Fsp3) is 0.571. The highest BCUT2D eigenvalue weighted by Crippen LogP contribution is 2.25. The van der Waals surface area contributed by atoms with Crippen LogP contribution in [0, 0.1) is 5.92 Å². The largest absolute Gasteiger partial charge is 0.323 e. The number of carbonyl (C=O) groups excluding carboxylic acids is 1. The van der Waals surface area contributed by atoms with Gasteiger partial charge >= 0.3 is 0 Å². The average molecular weight is 324 g/mol. The van der Waals surface area contributed by atoms with Gasteiger partial charge in [0.2, 0.25) is 5.91 Å². The van der Waals surface area contributed by atoms with Crippen molar-refractivity contribution in [1.29, 1.82) is 0 Å². The van der Waals surface area contributed by atoms with Crippen molar-refractivity contribution in [3.05, 3.63) is 24.0 Å². The molecule has 0 fully saturated rings. The Kier molecular flexibility index (Phi) is 4.35. The Hall–Kier alpha value is -2.32. The highest BCUT2D eigenvalue weighted by molar-refractivity contribution is 5.92. The van der Waals surface area contributed by atoms with Gasteiger partial charge in [-0.05, 0) is 12.8 Å². The quantitative estimate of drug-likeness (QED) is 0.913. The van der Waals surface area contributed by atoms with E-state index in [4.69, 9.17) is 0 Å². The van der Waals surface area contributed by atoms with Crippen molar-refractivity contribution in [1.82, 2.24) is 24.5 Å². The second-order valence-corrected chi connectivity index (χ2v) is 5.60. The van der Waals surface area contributed by atoms with E-state index in [1.807, 2.05) is 6.92 Å². The predicted molar refractivity (Wildman–Crippen MR) is 77.9 cm³/mol. The number of aromatic nitrogens is 5. The number of alkyl halides is 2. The van der Waals surface area contributed by atoms with E-state index in [2.05, 4.69) is 20.6 Å². The van der Waals surface area contributed by atoms with Gasteiger partial charge in [0.15, 0.2) is 5.82 Å². The van der Waals surface area contributed by atoms with Crippen LogP contribution in [0.15, 0.2) is 12.4 Å². The van der Waals surface area contributed by atoms with Crippen LogP contribution in [0.4, 0.5) is 14.5 Å². The number of fused-ring (bicyclic) bond motifs is 1. The lowest BCUT2D eigenvalue weighted by Crippen LogP contribution is -2.32. The van der Waals surface area contributed by atoms with E-state index < -0.39 is 6.43 Å². The maximum atomic E-state index is 12.9. The van der Waals surface area contributed by atoms with Crippen LogP contribution in [-0.4, -0.2) is 30.5 Å². The van der Waals surface area contributed by atoms with Gasteiger partial charge in [-0.15, -0.1) is 10.2 Å². The fourth-order valence-electron chi connectivity index (χ4n) is 2.75. The molecule has 1 aliphatic rings. The molecule has 3 heterocycles. The standard InChI is InChI=1S/C14H18F2N6O/c1-2-5-21-8-10(6-17-21)18-14(23)9-3-4-11-19-20-13(12(15)16)22(11)7-9/h6,8-9,12H,2-5,7H2,1H3,(H,18,23)/t9-/m1/s1. The SMILES string of the molecule is CCCn1cc(NC(=O)[C@@H]2CCc3nnc(C(F)F)n3C2)cn1. The molecule has 2 aromatic rings. The zero-order valence-electron chi connectivity index (χ0n) is 12.7. The number of nitrogens with zero attached hydrogens (tertiary/aromatic N) is 5. The monoisotopic (exact) mass is 324 g/mol. The number of hydrogen-bond donors (Lipinski definition) is 1. The average Bonchev–Trinajstić information content (AvgIpc) is 3.13. The zero-order chi connectivity index (χ0) is 16.4. The molecule has 0 radical (unpaired) electrons. The van der Waals surface area contributed by atoms with E-state index in [0.29, 0.717) is 24.4 Å². The Morgan fingerprint density at radius 3 is 3.04 bits per heavy atom. The summed E-state index contributed by atoms with van der Waals surface area (Å²) in [5.74, 6) is -0.431. The number of nitrogens with one attached hydrogen (secondary N) is 1. The minimum absolute atomic E-state index is 0.178. The summed E-state index contributed by atoms with van der Waals surface area (Å²) in [4.78, 5) is 12.4. The first-order valence-electron chi connectivity index (χ1n) is 7.62. The molecule has 9 heteroatoms. The van der Waals surface area contributed by atoms with Gasteiger partial charge in [0, 0.05) is 25.7 Å². The van der Waals surface area contributed by atoms with Crippen LogP contribution >= 0.6 is 0 Å². The molecule has 1 N–H and O–H groups in total. The lowest BCUT2D eigenvalue weighted by Gasteiger charge is -2.23. The predicted octanol–water partition coefficient (Wildman–Crippen LogP) is 2.02. The maximum absolute atomic E-state index is 12.9. The maximum Gasteiger partial charge on any atom is 0.297 e. The van der Waals surface area contributed by atoms with Gasteiger partial charge in [-0.25, -0.2) is 8.78 Å². The topological polar surface area (TPSA) is 77.6 Å². The molecule has 0 saturated heterocycles. The molecule has 0 saturated carbocycles. The highest BCUT2D eigenvalue weighted by atomic mass is 19.3. The van der Waals surface area contributed by atoms with E-state index in [9.17, 15) is 13.6 Å². The molecule has 0 aromatic carbocycles. The summed E-state index contributed by atoms with van der Waals surface area (Å²) in [7, 11) is 0. The summed E-state index contributed by atoms with van der Waals surface area (Å²) < 4.78 is 28.9. The van der Waals surface area contributed by atoms with Gasteiger partial charge < -0.3 is 9.88 Å². The molecular weight excluding hydrogens is 306 g/mol. The Balaban J connectivity index is 1.67. The Bertz CT molecular complexity index is 695. The van der Waals surface area contributed by atoms with Gasteiger partial charge in [-0.3, -0.25) is 9.48 Å². The third-order valence-electron chi connectivity index (χ3n) is 3.89. The third-order valence-corrected chi connectivity index (χ3v) is 3.89. The summed E-state index contributed by atoms with van der Waals surface area (Å²) in [5, 5.41) is 14.2. The van der Waals surface area contributed by atoms with E-state index in [-0.39, 0.29) is 24.2 Å². The molecule has 1 aliphatic heterocycles. The van der Waals surface area contributed by atoms with E-state index >= 15 is 0 Å². The number of halogens is 2. The summed E-state index contributed by atoms with van der Waals surface area (Å²) in [6.07, 6.45) is 2.64. The van der Waals surface area contributed by atoms with Crippen LogP contribution in [-0.2, 0) is 24.3 Å². The van der Waals surface area contributed by atoms with Crippen molar-refractivity contribution in [2.75, 3.05) is 5.32 Å². The van der Waals surface area contributed by atoms with Crippen LogP contribution in [0.5, 0.6) is 0 Å². The lowest BCUT2D eigenvalue weighted by molar-refractivity contribution is -0.120. The normalized spacial score (nSPS) is 17.3. The molecule has 23 heavy (non-hydrogen) atoms. The van der Waals surface area contributed by atoms with E-state index in [1.165, 1.54) is 4.57 Å². The molecule has 0 aliphatic carbocycles. The molecule has 1 amide bonds. The van der Waals surface area contributed by atoms with Gasteiger partial charge in [0.05, 0.1) is 17.8 Å². The number of hydrogen-bond acceptors (Lipinski definition) is 4. The molecule has 124 valence electrons. The lowest BCUT2D eigenvalue weighted by atomic mass is 9.98. The Morgan fingerprint density at radius 1 is 1.48 bits per heavy atom. The van der Waals surface area contributed by atoms with E-state index in [1.54, 1.807) is 17.1 Å². The van der Waals surface area contributed by atoms with Crippen molar-refractivity contribution < 1.29 is 13.6 Å². The van der Waals surface area contributed by atoms with Crippen molar-refractivity contribution in [2.45, 2.75) is 45.7 Å². The number of amides is 1. The minimum atomic E-state index is -2.69. The summed E-state index contributed by atoms with van der Waals surface area (Å²) >= 11 is 0. The Morgan fingerprint density at radius 2 is 2.30 bits per heavy atom. The molecule has 0 unspecified atom stereocenters. The van der Waals surface area contributed by atoms with Crippen LogP contribution < -0.4 is 5.32 Å². The first-order valence-corrected chi connectivity index (χ1v) is 7.62. The fourth-order valence-corrected chi connectivity index (χ4v) is 2.75. The molecular formula is C14H18F2N6O. The summed E-state index contributed by atoms with van der Waals surface area (Å²) in [5.41, 5.74) is 0.618. The smallest absolute Gasteiger partial charge is 0.297 e. The molecule has 7 nitrogen and oxygen atoms in total. The number of carbonyl (C=O) groups is 1. The van der Waals surface area contributed by atoms with Crippen molar-refractivity contribution in [3.63, 3.8) is 0 Å². The second kappa shape index (κ2) is 6.43. The van der Waals surface area contributed by atoms with Crippen LogP contribution in [0.1, 0.15) is 37.8 Å². The molecule has 3 rings (SSSR count). The zero-order valence-corrected chi connectivity index (χ0v) is 12.7. The van der Waals surface area contributed by atoms with Crippen LogP contribution in [0.25, 0.3) is 0 Å². The molecule has 1 atom stereocenters. The van der Waals surface area contributed by atoms with Crippen molar-refractivity contribution >= 4 is 11.6 Å². The summed E-state index contributed by atoms with van der Waals surface area (Å²) in [6.45, 7) is 3.00. The van der Waals surface area contributed by atoms with Crippen molar-refractivity contribution in [3.8, 4) is 0 Å². The van der Waals surface area contributed by atoms with Crippen molar-refractivity contribution in [2.24, 2.45) is 5.92 Å². The molecule has 0 spiro atoms. The Labute approximate surface area is 131 Å². The van der Waals surface area contributed by atoms with Gasteiger partial charge in [-0.2, -0.15) is 5.10 Å². The van der Waals surface area contributed by atoms with Gasteiger partial charge in [0.25, 0.3) is 6.43 Å². The van der Waals surface area contributed by atoms with Gasteiger partial charge in [-0.1, -0.05) is 6.92 Å². The molecule has 0 bridgehead atoms. The second-order valence-electron chi connectivity index (χ2n) is 5.60. The van der Waals surface area contributed by atoms with Gasteiger partial charge in [0.1, 0.15) is 5.82 Å². The highest BCUT2D eigenvalue weighted by Gasteiger charge is 2.30. The van der Waals surface area contributed by atoms with E-state index in [0.717, 1.165) is 13.0 Å². The number of aryl methyl sites for hydroxylation is 2. The summed E-state index contributed by atoms with van der Waals surface area (Å²) in [6, 6.07) is 0. The van der Waals surface area contributed by atoms with Crippen LogP contribution in [0.3, 0.4) is 0 Å². The number of anilines is 1. The minimum Gasteiger partial charge on any atom is -0.323 e. The first kappa shape index (κ1) is 15.6. The first-order chi connectivity index (χ1) is 11.1. The molecule has 2 aromatic heterocycles. The number of rotatable bonds is 5.